The van der Waals surface area contributed by atoms with Gasteiger partial charge in [-0.2, -0.15) is 0 Å². The van der Waals surface area contributed by atoms with Crippen molar-refractivity contribution in [3.8, 4) is 22.3 Å². The van der Waals surface area contributed by atoms with E-state index in [1.807, 2.05) is 11.3 Å². The normalized spacial score (nSPS) is 13.2. The van der Waals surface area contributed by atoms with Gasteiger partial charge in [0.15, 0.2) is 0 Å². The standard InChI is InChI=1S/C50H33NOS/c1-50(42-19-9-5-15-36(42)37-16-6-10-20-43(37)50)48-44(30-29-41-38-17-7-11-21-45(38)52-49(41)48)51(34-25-23-33(24-26-34)32-13-3-2-4-14-32)35-27-28-40-39-18-8-12-22-46(39)53-47(40)31-35/h2-31H,1H3. The van der Waals surface area contributed by atoms with Gasteiger partial charge in [0, 0.05) is 53.3 Å². The number of para-hydroxylation sites is 1. The second-order valence-corrected chi connectivity index (χ2v) is 15.3. The molecule has 0 fully saturated rings. The fraction of sp³-hybridized carbons (Fsp3) is 0.0400. The summed E-state index contributed by atoms with van der Waals surface area (Å²) in [7, 11) is 0. The maximum Gasteiger partial charge on any atom is 0.141 e. The summed E-state index contributed by atoms with van der Waals surface area (Å²) in [4.78, 5) is 2.45. The summed E-state index contributed by atoms with van der Waals surface area (Å²) in [6.45, 7) is 2.40. The SMILES string of the molecule is CC1(c2c(N(c3ccc(-c4ccccc4)cc3)c3ccc4c(c3)sc3ccccc34)ccc3c2oc2ccccc23)c2ccccc2-c2ccccc21. The van der Waals surface area contributed by atoms with E-state index in [0.29, 0.717) is 0 Å². The summed E-state index contributed by atoms with van der Waals surface area (Å²) in [5, 5.41) is 4.84. The second kappa shape index (κ2) is 11.5. The van der Waals surface area contributed by atoms with Gasteiger partial charge in [0.1, 0.15) is 11.2 Å². The second-order valence-electron chi connectivity index (χ2n) is 14.2. The highest BCUT2D eigenvalue weighted by Gasteiger charge is 2.45. The van der Waals surface area contributed by atoms with Gasteiger partial charge in [0.25, 0.3) is 0 Å². The van der Waals surface area contributed by atoms with Crippen LogP contribution in [0.25, 0.3) is 64.4 Å². The van der Waals surface area contributed by atoms with E-state index in [-0.39, 0.29) is 0 Å². The first-order valence-electron chi connectivity index (χ1n) is 18.2. The number of benzene rings is 8. The van der Waals surface area contributed by atoms with Crippen molar-refractivity contribution in [2.75, 3.05) is 4.90 Å². The average molecular weight is 696 g/mol. The number of thiophene rings is 1. The summed E-state index contributed by atoms with van der Waals surface area (Å²) in [6.07, 6.45) is 0. The Hall–Kier alpha value is -6.42. The average Bonchev–Trinajstić information content (AvgIpc) is 3.87. The first kappa shape index (κ1) is 30.2. The van der Waals surface area contributed by atoms with Crippen LogP contribution in [0.2, 0.25) is 0 Å². The summed E-state index contributed by atoms with van der Waals surface area (Å²) in [5.74, 6) is 0. The molecular weight excluding hydrogens is 663 g/mol. The van der Waals surface area contributed by atoms with Gasteiger partial charge in [0.05, 0.1) is 5.69 Å². The highest BCUT2D eigenvalue weighted by Crippen LogP contribution is 2.58. The molecule has 53 heavy (non-hydrogen) atoms. The van der Waals surface area contributed by atoms with Gasteiger partial charge < -0.3 is 9.32 Å². The number of hydrogen-bond acceptors (Lipinski definition) is 3. The molecule has 0 saturated heterocycles. The monoisotopic (exact) mass is 695 g/mol. The van der Waals surface area contributed by atoms with Crippen LogP contribution in [0.1, 0.15) is 23.6 Å². The third-order valence-corrected chi connectivity index (χ3v) is 12.5. The van der Waals surface area contributed by atoms with Crippen molar-refractivity contribution < 1.29 is 4.42 Å². The summed E-state index contributed by atoms with van der Waals surface area (Å²) in [5.41, 5.74) is 13.3. The van der Waals surface area contributed by atoms with E-state index in [9.17, 15) is 0 Å². The molecule has 2 aromatic heterocycles. The largest absolute Gasteiger partial charge is 0.456 e. The zero-order valence-corrected chi connectivity index (χ0v) is 29.9. The van der Waals surface area contributed by atoms with Crippen LogP contribution in [-0.4, -0.2) is 0 Å². The van der Waals surface area contributed by atoms with E-state index in [1.54, 1.807) is 0 Å². The molecule has 11 rings (SSSR count). The van der Waals surface area contributed by atoms with Gasteiger partial charge >= 0.3 is 0 Å². The minimum atomic E-state index is -0.514. The van der Waals surface area contributed by atoms with Gasteiger partial charge in [-0.1, -0.05) is 133 Å². The summed E-state index contributed by atoms with van der Waals surface area (Å²) >= 11 is 1.85. The van der Waals surface area contributed by atoms with E-state index in [4.69, 9.17) is 4.42 Å². The van der Waals surface area contributed by atoms with Gasteiger partial charge in [0.2, 0.25) is 0 Å². The van der Waals surface area contributed by atoms with Crippen molar-refractivity contribution in [1.82, 2.24) is 0 Å². The highest BCUT2D eigenvalue weighted by atomic mass is 32.1. The van der Waals surface area contributed by atoms with Crippen LogP contribution in [0.4, 0.5) is 17.1 Å². The Morgan fingerprint density at radius 3 is 1.83 bits per heavy atom. The lowest BCUT2D eigenvalue weighted by Crippen LogP contribution is -2.26. The Labute approximate surface area is 311 Å². The van der Waals surface area contributed by atoms with Crippen LogP contribution in [0, 0.1) is 0 Å². The minimum Gasteiger partial charge on any atom is -0.456 e. The van der Waals surface area contributed by atoms with Crippen LogP contribution in [-0.2, 0) is 5.41 Å². The van der Waals surface area contributed by atoms with Crippen LogP contribution in [0.15, 0.2) is 186 Å². The zero-order chi connectivity index (χ0) is 35.1. The third-order valence-electron chi connectivity index (χ3n) is 11.3. The lowest BCUT2D eigenvalue weighted by Gasteiger charge is -2.35. The minimum absolute atomic E-state index is 0.514. The Balaban J connectivity index is 1.24. The maximum absolute atomic E-state index is 7.02. The molecular formula is C50H33NOS. The molecule has 3 heteroatoms. The zero-order valence-electron chi connectivity index (χ0n) is 29.1. The van der Waals surface area contributed by atoms with Gasteiger partial charge in [-0.15, -0.1) is 11.3 Å². The van der Waals surface area contributed by atoms with Crippen LogP contribution >= 0.6 is 11.3 Å². The topological polar surface area (TPSA) is 16.4 Å². The molecule has 0 aliphatic heterocycles. The van der Waals surface area contributed by atoms with Crippen molar-refractivity contribution in [1.29, 1.82) is 0 Å². The van der Waals surface area contributed by atoms with Crippen molar-refractivity contribution in [2.45, 2.75) is 12.3 Å². The Bertz CT molecular complexity index is 2980. The molecule has 0 bridgehead atoms. The maximum atomic E-state index is 7.02. The number of rotatable bonds is 5. The lowest BCUT2D eigenvalue weighted by atomic mass is 9.72. The quantitative estimate of drug-likeness (QED) is 0.178. The Morgan fingerprint density at radius 1 is 0.472 bits per heavy atom. The molecule has 1 aliphatic carbocycles. The predicted octanol–water partition coefficient (Wildman–Crippen LogP) is 14.4. The molecule has 0 unspecified atom stereocenters. The van der Waals surface area contributed by atoms with Crippen LogP contribution < -0.4 is 4.90 Å². The van der Waals surface area contributed by atoms with Gasteiger partial charge in [-0.25, -0.2) is 0 Å². The van der Waals surface area contributed by atoms with E-state index < -0.39 is 5.41 Å². The van der Waals surface area contributed by atoms with Crippen molar-refractivity contribution in [3.63, 3.8) is 0 Å². The van der Waals surface area contributed by atoms with Gasteiger partial charge in [-0.3, -0.25) is 0 Å². The lowest BCUT2D eigenvalue weighted by molar-refractivity contribution is 0.638. The van der Waals surface area contributed by atoms with E-state index in [0.717, 1.165) is 44.6 Å². The van der Waals surface area contributed by atoms with E-state index in [1.165, 1.54) is 53.6 Å². The molecule has 0 N–H and O–H groups in total. The predicted molar refractivity (Wildman–Crippen MR) is 224 cm³/mol. The Morgan fingerprint density at radius 2 is 1.06 bits per heavy atom. The van der Waals surface area contributed by atoms with Crippen LogP contribution in [0.5, 0.6) is 0 Å². The third kappa shape index (κ3) is 4.44. The number of furan rings is 1. The molecule has 2 nitrogen and oxygen atoms in total. The number of nitrogens with zero attached hydrogens (tertiary/aromatic N) is 1. The summed E-state index contributed by atoms with van der Waals surface area (Å²) in [6, 6.07) is 66.2. The molecule has 0 amide bonds. The Kier molecular flexibility index (Phi) is 6.58. The molecule has 0 atom stereocenters. The summed E-state index contributed by atoms with van der Waals surface area (Å²) < 4.78 is 9.58. The number of hydrogen-bond donors (Lipinski definition) is 0. The molecule has 8 aromatic carbocycles. The molecule has 0 saturated carbocycles. The van der Waals surface area contributed by atoms with Crippen molar-refractivity contribution >= 4 is 70.5 Å². The molecule has 2 heterocycles. The molecule has 250 valence electrons. The van der Waals surface area contributed by atoms with Gasteiger partial charge in [-0.05, 0) is 88.8 Å². The molecule has 0 spiro atoms. The first-order chi connectivity index (χ1) is 26.2. The van der Waals surface area contributed by atoms with Crippen molar-refractivity contribution in [3.05, 3.63) is 199 Å². The number of anilines is 3. The van der Waals surface area contributed by atoms with E-state index >= 15 is 0 Å². The first-order valence-corrected chi connectivity index (χ1v) is 19.0. The van der Waals surface area contributed by atoms with Crippen LogP contribution in [0.3, 0.4) is 0 Å². The molecule has 0 radical (unpaired) electrons. The highest BCUT2D eigenvalue weighted by molar-refractivity contribution is 7.25. The molecule has 1 aliphatic rings. The smallest absolute Gasteiger partial charge is 0.141 e. The fourth-order valence-electron chi connectivity index (χ4n) is 8.88. The molecule has 10 aromatic rings. The number of fused-ring (bicyclic) bond motifs is 9. The van der Waals surface area contributed by atoms with Crippen molar-refractivity contribution in [2.24, 2.45) is 0 Å². The fourth-order valence-corrected chi connectivity index (χ4v) is 10.0. The van der Waals surface area contributed by atoms with E-state index in [2.05, 4.69) is 194 Å².